The van der Waals surface area contributed by atoms with E-state index in [-0.39, 0.29) is 11.4 Å². The van der Waals surface area contributed by atoms with Crippen molar-refractivity contribution in [1.29, 1.82) is 0 Å². The zero-order chi connectivity index (χ0) is 21.1. The van der Waals surface area contributed by atoms with E-state index in [2.05, 4.69) is 22.9 Å². The Balaban J connectivity index is 1.55. The van der Waals surface area contributed by atoms with Gasteiger partial charge in [0.25, 0.3) is 11.4 Å². The first-order valence-electron chi connectivity index (χ1n) is 9.18. The number of nitro benzene ring substituents is 2. The number of fused-ring (bicyclic) bond motifs is 1. The van der Waals surface area contributed by atoms with Gasteiger partial charge in [-0.1, -0.05) is 42.5 Å². The molecule has 3 aromatic carbocycles. The second-order valence-electron chi connectivity index (χ2n) is 6.77. The van der Waals surface area contributed by atoms with Gasteiger partial charge in [0.1, 0.15) is 0 Å². The summed E-state index contributed by atoms with van der Waals surface area (Å²) in [5.41, 5.74) is 3.24. The van der Waals surface area contributed by atoms with Gasteiger partial charge in [0, 0.05) is 58.6 Å². The molecule has 0 atom stereocenters. The third-order valence-electron chi connectivity index (χ3n) is 4.79. The van der Waals surface area contributed by atoms with Crippen molar-refractivity contribution in [2.24, 2.45) is 0 Å². The fraction of sp³-hybridized carbons (Fsp3) is 0.0909. The van der Waals surface area contributed by atoms with E-state index in [1.54, 1.807) is 36.0 Å². The number of hydrogen-bond acceptors (Lipinski definition) is 5. The minimum atomic E-state index is -0.401. The molecule has 0 amide bonds. The highest BCUT2D eigenvalue weighted by Gasteiger charge is 2.11. The van der Waals surface area contributed by atoms with E-state index in [9.17, 15) is 20.2 Å². The van der Waals surface area contributed by atoms with Gasteiger partial charge in [-0.2, -0.15) is 0 Å². The molecule has 7 nitrogen and oxygen atoms in total. The summed E-state index contributed by atoms with van der Waals surface area (Å²) < 4.78 is 2.13. The first-order chi connectivity index (χ1) is 14.5. The normalized spacial score (nSPS) is 10.9. The van der Waals surface area contributed by atoms with Gasteiger partial charge < -0.3 is 4.57 Å². The van der Waals surface area contributed by atoms with Crippen LogP contribution in [0.1, 0.15) is 11.1 Å². The summed E-state index contributed by atoms with van der Waals surface area (Å²) in [6.45, 7) is 0.608. The molecule has 0 bridgehead atoms. The summed E-state index contributed by atoms with van der Waals surface area (Å²) in [6, 6.07) is 21.3. The van der Waals surface area contributed by atoms with Crippen molar-refractivity contribution in [3.05, 3.63) is 110 Å². The van der Waals surface area contributed by atoms with Gasteiger partial charge in [0.05, 0.1) is 9.85 Å². The number of para-hydroxylation sites is 1. The van der Waals surface area contributed by atoms with E-state index in [0.29, 0.717) is 12.3 Å². The molecule has 4 aromatic rings. The molecule has 0 aliphatic heterocycles. The van der Waals surface area contributed by atoms with Crippen LogP contribution in [0, 0.1) is 20.2 Å². The molecule has 0 fully saturated rings. The second-order valence-corrected chi connectivity index (χ2v) is 7.79. The molecule has 150 valence electrons. The van der Waals surface area contributed by atoms with E-state index < -0.39 is 9.85 Å². The van der Waals surface area contributed by atoms with Crippen molar-refractivity contribution in [3.63, 3.8) is 0 Å². The average Bonchev–Trinajstić information content (AvgIpc) is 3.10. The van der Waals surface area contributed by atoms with Crippen LogP contribution in [0.25, 0.3) is 10.9 Å². The lowest BCUT2D eigenvalue weighted by Crippen LogP contribution is -1.98. The van der Waals surface area contributed by atoms with Crippen LogP contribution >= 0.6 is 11.8 Å². The third-order valence-corrected chi connectivity index (χ3v) is 5.91. The monoisotopic (exact) mass is 419 g/mol. The maximum Gasteiger partial charge on any atom is 0.269 e. The van der Waals surface area contributed by atoms with Crippen molar-refractivity contribution in [2.45, 2.75) is 17.2 Å². The quantitative estimate of drug-likeness (QED) is 0.214. The molecule has 0 saturated heterocycles. The van der Waals surface area contributed by atoms with Gasteiger partial charge in [0.2, 0.25) is 0 Å². The third kappa shape index (κ3) is 4.18. The van der Waals surface area contributed by atoms with Crippen molar-refractivity contribution < 1.29 is 9.85 Å². The fourth-order valence-corrected chi connectivity index (χ4v) is 4.30. The highest BCUT2D eigenvalue weighted by atomic mass is 32.2. The molecule has 0 saturated carbocycles. The summed E-state index contributed by atoms with van der Waals surface area (Å²) in [5, 5.41) is 22.8. The standard InChI is InChI=1S/C22H17N3O4S/c26-24(27)18-9-5-16(6-10-18)13-23-14-22(20-3-1-2-4-21(20)23)30-15-17-7-11-19(12-8-17)25(28)29/h1-12,14H,13,15H2. The van der Waals surface area contributed by atoms with Crippen LogP contribution in [0.2, 0.25) is 0 Å². The van der Waals surface area contributed by atoms with Gasteiger partial charge in [-0.15, -0.1) is 11.8 Å². The smallest absolute Gasteiger partial charge is 0.269 e. The number of thioether (sulfide) groups is 1. The lowest BCUT2D eigenvalue weighted by atomic mass is 10.2. The van der Waals surface area contributed by atoms with Crippen LogP contribution in [0.3, 0.4) is 0 Å². The van der Waals surface area contributed by atoms with E-state index in [1.165, 1.54) is 24.3 Å². The van der Waals surface area contributed by atoms with Crippen molar-refractivity contribution in [2.75, 3.05) is 0 Å². The highest BCUT2D eigenvalue weighted by Crippen LogP contribution is 2.33. The van der Waals surface area contributed by atoms with Gasteiger partial charge in [-0.3, -0.25) is 20.2 Å². The number of rotatable bonds is 7. The largest absolute Gasteiger partial charge is 0.342 e. The molecule has 0 radical (unpaired) electrons. The molecule has 8 heteroatoms. The summed E-state index contributed by atoms with van der Waals surface area (Å²) in [6.07, 6.45) is 2.09. The number of hydrogen-bond donors (Lipinski definition) is 0. The van der Waals surface area contributed by atoms with Gasteiger partial charge in [-0.05, 0) is 17.2 Å². The first-order valence-corrected chi connectivity index (χ1v) is 10.2. The first kappa shape index (κ1) is 19.7. The Morgan fingerprint density at radius 1 is 0.767 bits per heavy atom. The van der Waals surface area contributed by atoms with Crippen LogP contribution in [0.5, 0.6) is 0 Å². The number of non-ortho nitro benzene ring substituents is 2. The number of aromatic nitrogens is 1. The molecule has 0 spiro atoms. The van der Waals surface area contributed by atoms with Gasteiger partial charge >= 0.3 is 0 Å². The second kappa shape index (κ2) is 8.38. The van der Waals surface area contributed by atoms with E-state index >= 15 is 0 Å². The Labute approximate surface area is 176 Å². The van der Waals surface area contributed by atoms with E-state index in [1.807, 2.05) is 12.1 Å². The molecule has 1 aromatic heterocycles. The molecular formula is C22H17N3O4S. The van der Waals surface area contributed by atoms with Crippen LogP contribution in [-0.2, 0) is 12.3 Å². The lowest BCUT2D eigenvalue weighted by Gasteiger charge is -2.05. The molecule has 1 heterocycles. The lowest BCUT2D eigenvalue weighted by molar-refractivity contribution is -0.385. The summed E-state index contributed by atoms with van der Waals surface area (Å²) in [7, 11) is 0. The van der Waals surface area contributed by atoms with Crippen LogP contribution < -0.4 is 0 Å². The zero-order valence-electron chi connectivity index (χ0n) is 15.8. The zero-order valence-corrected chi connectivity index (χ0v) is 16.6. The van der Waals surface area contributed by atoms with Crippen LogP contribution in [0.15, 0.2) is 83.9 Å². The summed E-state index contributed by atoms with van der Waals surface area (Å²) in [4.78, 5) is 22.0. The molecule has 30 heavy (non-hydrogen) atoms. The number of benzene rings is 3. The average molecular weight is 419 g/mol. The summed E-state index contributed by atoms with van der Waals surface area (Å²) >= 11 is 1.68. The van der Waals surface area contributed by atoms with Crippen molar-refractivity contribution in [1.82, 2.24) is 4.57 Å². The Bertz CT molecular complexity index is 1220. The fourth-order valence-electron chi connectivity index (χ4n) is 3.25. The van der Waals surface area contributed by atoms with E-state index in [0.717, 1.165) is 26.9 Å². The minimum absolute atomic E-state index is 0.0791. The predicted molar refractivity (Wildman–Crippen MR) is 117 cm³/mol. The van der Waals surface area contributed by atoms with Crippen molar-refractivity contribution in [3.8, 4) is 0 Å². The number of nitrogens with zero attached hydrogens (tertiary/aromatic N) is 3. The van der Waals surface area contributed by atoms with Gasteiger partial charge in [-0.25, -0.2) is 0 Å². The molecule has 0 unspecified atom stereocenters. The molecule has 0 N–H and O–H groups in total. The number of nitro groups is 2. The highest BCUT2D eigenvalue weighted by molar-refractivity contribution is 7.98. The molecular weight excluding hydrogens is 402 g/mol. The SMILES string of the molecule is O=[N+]([O-])c1ccc(CSc2cn(Cc3ccc([N+](=O)[O-])cc3)c3ccccc23)cc1. The van der Waals surface area contributed by atoms with Gasteiger partial charge in [0.15, 0.2) is 0 Å². The Morgan fingerprint density at radius 2 is 1.33 bits per heavy atom. The Hall–Kier alpha value is -3.65. The maximum atomic E-state index is 10.9. The minimum Gasteiger partial charge on any atom is -0.342 e. The topological polar surface area (TPSA) is 91.2 Å². The van der Waals surface area contributed by atoms with Crippen LogP contribution in [0.4, 0.5) is 11.4 Å². The molecule has 0 aliphatic carbocycles. The summed E-state index contributed by atoms with van der Waals surface area (Å²) in [5.74, 6) is 0.698. The predicted octanol–water partition coefficient (Wildman–Crippen LogP) is 5.80. The molecule has 0 aliphatic rings. The van der Waals surface area contributed by atoms with Crippen LogP contribution in [-0.4, -0.2) is 14.4 Å². The Kier molecular flexibility index (Phi) is 5.49. The Morgan fingerprint density at radius 3 is 1.93 bits per heavy atom. The molecule has 4 rings (SSSR count). The maximum absolute atomic E-state index is 10.9. The van der Waals surface area contributed by atoms with E-state index in [4.69, 9.17) is 0 Å². The van der Waals surface area contributed by atoms with Crippen molar-refractivity contribution >= 4 is 34.0 Å².